The second kappa shape index (κ2) is 10.2. The molecule has 0 atom stereocenters. The van der Waals surface area contributed by atoms with Gasteiger partial charge in [-0.3, -0.25) is 19.2 Å². The Morgan fingerprint density at radius 3 is 2.27 bits per heavy atom. The summed E-state index contributed by atoms with van der Waals surface area (Å²) in [5.74, 6) is -0.727. The summed E-state index contributed by atoms with van der Waals surface area (Å²) in [4.78, 5) is 22.7. The molecule has 0 spiro atoms. The average molecular weight is 487 g/mol. The van der Waals surface area contributed by atoms with Crippen LogP contribution in [-0.2, 0) is 14.8 Å². The Labute approximate surface area is 195 Å². The first-order valence-electron chi connectivity index (χ1n) is 9.60. The number of nitro benzene ring substituents is 1. The molecule has 3 aromatic carbocycles. The van der Waals surface area contributed by atoms with Crippen LogP contribution in [0.4, 0.5) is 11.4 Å². The molecule has 1 amide bonds. The van der Waals surface area contributed by atoms with E-state index in [1.807, 2.05) is 0 Å². The molecule has 0 heterocycles. The second-order valence-corrected chi connectivity index (χ2v) is 9.08. The van der Waals surface area contributed by atoms with Crippen molar-refractivity contribution < 1.29 is 18.1 Å². The van der Waals surface area contributed by atoms with Crippen LogP contribution in [0.5, 0.6) is 0 Å². The quantitative estimate of drug-likeness (QED) is 0.293. The predicted molar refractivity (Wildman–Crippen MR) is 126 cm³/mol. The van der Waals surface area contributed by atoms with Gasteiger partial charge in [-0.1, -0.05) is 54.1 Å². The highest BCUT2D eigenvalue weighted by molar-refractivity contribution is 7.93. The molecule has 0 radical (unpaired) electrons. The van der Waals surface area contributed by atoms with Crippen molar-refractivity contribution in [1.29, 1.82) is 0 Å². The van der Waals surface area contributed by atoms with Gasteiger partial charge in [-0.05, 0) is 42.8 Å². The molecule has 0 aliphatic carbocycles. The zero-order valence-electron chi connectivity index (χ0n) is 17.4. The van der Waals surface area contributed by atoms with Crippen LogP contribution in [0.25, 0.3) is 0 Å². The van der Waals surface area contributed by atoms with Crippen molar-refractivity contribution in [1.82, 2.24) is 5.43 Å². The molecule has 0 unspecified atom stereocenters. The van der Waals surface area contributed by atoms with Gasteiger partial charge in [-0.2, -0.15) is 5.10 Å². The lowest BCUT2D eigenvalue weighted by atomic mass is 10.1. The lowest BCUT2D eigenvalue weighted by molar-refractivity contribution is -0.387. The smallest absolute Gasteiger partial charge is 0.271 e. The molecule has 0 saturated carbocycles. The lowest BCUT2D eigenvalue weighted by Gasteiger charge is -2.23. The van der Waals surface area contributed by atoms with Gasteiger partial charge in [0.1, 0.15) is 6.54 Å². The number of carbonyl (C=O) groups excluding carboxylic acids is 1. The highest BCUT2D eigenvalue weighted by Gasteiger charge is 2.33. The van der Waals surface area contributed by atoms with E-state index < -0.39 is 38.0 Å². The molecular formula is C22H19ClN4O5S. The number of rotatable bonds is 8. The molecule has 3 aromatic rings. The first-order valence-corrected chi connectivity index (χ1v) is 11.4. The van der Waals surface area contributed by atoms with Gasteiger partial charge >= 0.3 is 0 Å². The van der Waals surface area contributed by atoms with Crippen LogP contribution in [0.15, 0.2) is 88.9 Å². The van der Waals surface area contributed by atoms with Crippen molar-refractivity contribution >= 4 is 44.6 Å². The highest BCUT2D eigenvalue weighted by Crippen LogP contribution is 2.29. The molecule has 0 aliphatic rings. The number of nitro groups is 1. The summed E-state index contributed by atoms with van der Waals surface area (Å²) < 4.78 is 27.6. The van der Waals surface area contributed by atoms with Gasteiger partial charge in [-0.15, -0.1) is 0 Å². The van der Waals surface area contributed by atoms with Crippen molar-refractivity contribution in [2.45, 2.75) is 11.8 Å². The highest BCUT2D eigenvalue weighted by atomic mass is 35.5. The zero-order chi connectivity index (χ0) is 24.0. The first-order chi connectivity index (χ1) is 15.7. The summed E-state index contributed by atoms with van der Waals surface area (Å²) in [6, 6.07) is 19.6. The molecule has 0 bridgehead atoms. The standard InChI is InChI=1S/C22H19ClN4O5S/c1-16(17-11-13-18(23)14-12-17)24-25-22(28)15-26(19-7-3-2-4-8-19)33(31,32)21-10-6-5-9-20(21)27(29)30/h2-14H,15H2,1H3,(H,25,28). The maximum Gasteiger partial charge on any atom is 0.289 e. The van der Waals surface area contributed by atoms with Gasteiger partial charge in [0.2, 0.25) is 0 Å². The average Bonchev–Trinajstić information content (AvgIpc) is 2.81. The van der Waals surface area contributed by atoms with Gasteiger partial charge in [-0.25, -0.2) is 13.8 Å². The number of para-hydroxylation sites is 2. The number of nitrogens with zero attached hydrogens (tertiary/aromatic N) is 3. The zero-order valence-corrected chi connectivity index (χ0v) is 19.0. The third kappa shape index (κ3) is 5.73. The third-order valence-corrected chi connectivity index (χ3v) is 6.64. The van der Waals surface area contributed by atoms with E-state index in [2.05, 4.69) is 10.5 Å². The number of anilines is 1. The summed E-state index contributed by atoms with van der Waals surface area (Å²) in [7, 11) is -4.45. The molecule has 3 rings (SSSR count). The van der Waals surface area contributed by atoms with Crippen molar-refractivity contribution in [3.8, 4) is 0 Å². The fourth-order valence-electron chi connectivity index (χ4n) is 2.92. The molecule has 1 N–H and O–H groups in total. The number of nitrogens with one attached hydrogen (secondary N) is 1. The molecule has 11 heteroatoms. The molecule has 0 fully saturated rings. The van der Waals surface area contributed by atoms with Crippen LogP contribution in [0.3, 0.4) is 0 Å². The molecule has 0 saturated heterocycles. The molecular weight excluding hydrogens is 468 g/mol. The number of halogens is 1. The first kappa shape index (κ1) is 23.9. The number of hydrogen-bond donors (Lipinski definition) is 1. The van der Waals surface area contributed by atoms with Gasteiger partial charge < -0.3 is 0 Å². The van der Waals surface area contributed by atoms with Crippen molar-refractivity contribution in [3.63, 3.8) is 0 Å². The maximum atomic E-state index is 13.4. The van der Waals surface area contributed by atoms with E-state index in [1.165, 1.54) is 24.3 Å². The number of amides is 1. The van der Waals surface area contributed by atoms with Crippen LogP contribution in [0.2, 0.25) is 5.02 Å². The lowest BCUT2D eigenvalue weighted by Crippen LogP contribution is -2.40. The Kier molecular flexibility index (Phi) is 7.41. The summed E-state index contributed by atoms with van der Waals surface area (Å²) in [5, 5.41) is 16.0. The van der Waals surface area contributed by atoms with Crippen molar-refractivity contribution in [2.75, 3.05) is 10.8 Å². The summed E-state index contributed by atoms with van der Waals surface area (Å²) in [6.07, 6.45) is 0. The fraction of sp³-hybridized carbons (Fsp3) is 0.0909. The summed E-state index contributed by atoms with van der Waals surface area (Å²) in [6.45, 7) is 1.03. The molecule has 170 valence electrons. The number of sulfonamides is 1. The van der Waals surface area contributed by atoms with E-state index in [4.69, 9.17) is 11.6 Å². The number of carbonyl (C=O) groups is 1. The van der Waals surface area contributed by atoms with E-state index in [1.54, 1.807) is 49.4 Å². The minimum Gasteiger partial charge on any atom is -0.271 e. The number of benzene rings is 3. The minimum atomic E-state index is -4.45. The fourth-order valence-corrected chi connectivity index (χ4v) is 4.63. The maximum absolute atomic E-state index is 13.4. The molecule has 9 nitrogen and oxygen atoms in total. The Balaban J connectivity index is 1.91. The second-order valence-electron chi connectivity index (χ2n) is 6.81. The van der Waals surface area contributed by atoms with E-state index in [0.29, 0.717) is 16.3 Å². The Morgan fingerprint density at radius 1 is 1.03 bits per heavy atom. The monoisotopic (exact) mass is 486 g/mol. The normalized spacial score (nSPS) is 11.6. The SMILES string of the molecule is CC(=NNC(=O)CN(c1ccccc1)S(=O)(=O)c1ccccc1[N+](=O)[O-])c1ccc(Cl)cc1. The van der Waals surface area contributed by atoms with E-state index in [-0.39, 0.29) is 5.69 Å². The summed E-state index contributed by atoms with van der Waals surface area (Å²) >= 11 is 5.87. The van der Waals surface area contributed by atoms with Gasteiger partial charge in [0.15, 0.2) is 4.90 Å². The van der Waals surface area contributed by atoms with Gasteiger partial charge in [0, 0.05) is 11.1 Å². The predicted octanol–water partition coefficient (Wildman–Crippen LogP) is 3.98. The molecule has 33 heavy (non-hydrogen) atoms. The molecule has 0 aromatic heterocycles. The number of hydrogen-bond acceptors (Lipinski definition) is 6. The third-order valence-electron chi connectivity index (χ3n) is 4.57. The van der Waals surface area contributed by atoms with Crippen LogP contribution in [0.1, 0.15) is 12.5 Å². The summed E-state index contributed by atoms with van der Waals surface area (Å²) in [5.41, 5.74) is 3.11. The van der Waals surface area contributed by atoms with E-state index in [0.717, 1.165) is 16.4 Å². The van der Waals surface area contributed by atoms with Crippen molar-refractivity contribution in [3.05, 3.63) is 99.6 Å². The Bertz CT molecular complexity index is 1300. The largest absolute Gasteiger partial charge is 0.289 e. The topological polar surface area (TPSA) is 122 Å². The molecule has 0 aliphatic heterocycles. The van der Waals surface area contributed by atoms with Crippen LogP contribution >= 0.6 is 11.6 Å². The minimum absolute atomic E-state index is 0.171. The van der Waals surface area contributed by atoms with E-state index in [9.17, 15) is 23.3 Å². The number of hydrazone groups is 1. The Morgan fingerprint density at radius 2 is 1.64 bits per heavy atom. The van der Waals surface area contributed by atoms with Gasteiger partial charge in [0.25, 0.3) is 21.6 Å². The van der Waals surface area contributed by atoms with Crippen LogP contribution < -0.4 is 9.73 Å². The van der Waals surface area contributed by atoms with Crippen LogP contribution in [0, 0.1) is 10.1 Å². The van der Waals surface area contributed by atoms with Crippen LogP contribution in [-0.4, -0.2) is 31.5 Å². The Hall–Kier alpha value is -3.76. The van der Waals surface area contributed by atoms with Crippen molar-refractivity contribution in [2.24, 2.45) is 5.10 Å². The van der Waals surface area contributed by atoms with Gasteiger partial charge in [0.05, 0.1) is 16.3 Å². The van der Waals surface area contributed by atoms with E-state index >= 15 is 0 Å².